The summed E-state index contributed by atoms with van der Waals surface area (Å²) in [5.41, 5.74) is 0. The van der Waals surface area contributed by atoms with Crippen molar-refractivity contribution in [2.75, 3.05) is 0 Å². The van der Waals surface area contributed by atoms with E-state index in [1.54, 1.807) is 12.3 Å². The van der Waals surface area contributed by atoms with Gasteiger partial charge in [-0.15, -0.1) is 5.10 Å². The lowest BCUT2D eigenvalue weighted by molar-refractivity contribution is -0.136. The molecule has 60 valence electrons. The van der Waals surface area contributed by atoms with Crippen molar-refractivity contribution in [2.24, 2.45) is 0 Å². The molecule has 0 aliphatic carbocycles. The van der Waals surface area contributed by atoms with Crippen LogP contribution in [0.25, 0.3) is 0 Å². The normalized spacial score (nSPS) is 12.8. The van der Waals surface area contributed by atoms with Crippen LogP contribution in [0.5, 0.6) is 0 Å². The van der Waals surface area contributed by atoms with Gasteiger partial charge in [0.25, 0.3) is 0 Å². The second kappa shape index (κ2) is 3.68. The highest BCUT2D eigenvalue weighted by atomic mass is 32.2. The maximum absolute atomic E-state index is 10.4. The fourth-order valence-corrected chi connectivity index (χ4v) is 1.71. The molecule has 0 aliphatic rings. The minimum atomic E-state index is -0.831. The van der Waals surface area contributed by atoms with Crippen molar-refractivity contribution < 1.29 is 9.90 Å². The summed E-state index contributed by atoms with van der Waals surface area (Å²) in [6, 6.07) is 0. The molecule has 0 aromatic carbocycles. The molecule has 11 heavy (non-hydrogen) atoms. The molecule has 1 aromatic heterocycles. The van der Waals surface area contributed by atoms with Gasteiger partial charge in [0.15, 0.2) is 0 Å². The van der Waals surface area contributed by atoms with Crippen molar-refractivity contribution in [1.29, 1.82) is 0 Å². The van der Waals surface area contributed by atoms with E-state index in [4.69, 9.17) is 5.11 Å². The highest BCUT2D eigenvalue weighted by Crippen LogP contribution is 2.21. The van der Waals surface area contributed by atoms with Gasteiger partial charge in [-0.25, -0.2) is 0 Å². The van der Waals surface area contributed by atoms with Gasteiger partial charge in [0, 0.05) is 5.38 Å². The largest absolute Gasteiger partial charge is 0.480 e. The maximum Gasteiger partial charge on any atom is 0.316 e. The van der Waals surface area contributed by atoms with Crippen LogP contribution in [-0.2, 0) is 4.79 Å². The molecule has 0 saturated heterocycles. The molecule has 1 N–H and O–H groups in total. The smallest absolute Gasteiger partial charge is 0.316 e. The van der Waals surface area contributed by atoms with Gasteiger partial charge < -0.3 is 5.11 Å². The molecule has 0 bridgehead atoms. The Hall–Kier alpha value is -0.620. The monoisotopic (exact) mass is 190 g/mol. The van der Waals surface area contributed by atoms with E-state index in [2.05, 4.69) is 9.59 Å². The third-order valence-corrected chi connectivity index (χ3v) is 2.64. The number of carboxylic acid groups (broad SMARTS) is 1. The van der Waals surface area contributed by atoms with Gasteiger partial charge >= 0.3 is 5.97 Å². The predicted octanol–water partition coefficient (Wildman–Crippen LogP) is 1.10. The van der Waals surface area contributed by atoms with Gasteiger partial charge in [-0.1, -0.05) is 16.3 Å². The van der Waals surface area contributed by atoms with E-state index in [-0.39, 0.29) is 0 Å². The molecule has 0 amide bonds. The number of aliphatic carboxylic acids is 1. The number of carbonyl (C=O) groups is 1. The Bertz CT molecular complexity index is 237. The number of thioether (sulfide) groups is 1. The zero-order valence-corrected chi connectivity index (χ0v) is 7.35. The van der Waals surface area contributed by atoms with Crippen LogP contribution in [0, 0.1) is 0 Å². The summed E-state index contributed by atoms with van der Waals surface area (Å²) >= 11 is 2.41. The van der Waals surface area contributed by atoms with E-state index in [1.165, 1.54) is 23.3 Å². The molecule has 1 heterocycles. The fourth-order valence-electron chi connectivity index (χ4n) is 0.439. The number of rotatable bonds is 3. The molecule has 4 nitrogen and oxygen atoms in total. The van der Waals surface area contributed by atoms with Crippen molar-refractivity contribution in [3.63, 3.8) is 0 Å². The summed E-state index contributed by atoms with van der Waals surface area (Å²) in [5.74, 6) is -0.831. The average Bonchev–Trinajstić information content (AvgIpc) is 2.39. The van der Waals surface area contributed by atoms with Crippen molar-refractivity contribution >= 4 is 29.3 Å². The first-order chi connectivity index (χ1) is 5.20. The fraction of sp³-hybridized carbons (Fsp3) is 0.400. The van der Waals surface area contributed by atoms with Crippen LogP contribution in [0.2, 0.25) is 0 Å². The molecule has 1 rings (SSSR count). The molecule has 0 saturated carbocycles. The average molecular weight is 190 g/mol. The van der Waals surface area contributed by atoms with Gasteiger partial charge in [0.05, 0.1) is 0 Å². The molecular weight excluding hydrogens is 184 g/mol. The van der Waals surface area contributed by atoms with Gasteiger partial charge in [-0.2, -0.15) is 0 Å². The molecule has 1 aromatic rings. The SMILES string of the molecule is CC(Sc1csnn1)C(=O)O. The van der Waals surface area contributed by atoms with Crippen LogP contribution in [-0.4, -0.2) is 25.9 Å². The molecule has 1 atom stereocenters. The van der Waals surface area contributed by atoms with Gasteiger partial charge in [-0.05, 0) is 18.5 Å². The molecule has 1 unspecified atom stereocenters. The first kappa shape index (κ1) is 8.48. The summed E-state index contributed by atoms with van der Waals surface area (Å²) < 4.78 is 3.61. The second-order valence-corrected chi connectivity index (χ2v) is 3.81. The molecule has 0 aliphatic heterocycles. The lowest BCUT2D eigenvalue weighted by Crippen LogP contribution is -2.10. The Morgan fingerprint density at radius 3 is 3.09 bits per heavy atom. The Morgan fingerprint density at radius 2 is 2.64 bits per heavy atom. The number of nitrogens with zero attached hydrogens (tertiary/aromatic N) is 2. The predicted molar refractivity (Wildman–Crippen MR) is 42.9 cm³/mol. The minimum Gasteiger partial charge on any atom is -0.480 e. The molecule has 6 heteroatoms. The Morgan fingerprint density at radius 1 is 1.91 bits per heavy atom. The third-order valence-electron chi connectivity index (χ3n) is 0.985. The Labute approximate surface area is 71.8 Å². The summed E-state index contributed by atoms with van der Waals surface area (Å²) in [4.78, 5) is 10.4. The van der Waals surface area contributed by atoms with Crippen LogP contribution in [0.15, 0.2) is 10.4 Å². The topological polar surface area (TPSA) is 63.1 Å². The maximum atomic E-state index is 10.4. The van der Waals surface area contributed by atoms with E-state index in [9.17, 15) is 4.79 Å². The zero-order valence-electron chi connectivity index (χ0n) is 5.72. The van der Waals surface area contributed by atoms with E-state index in [0.717, 1.165) is 0 Å². The highest BCUT2D eigenvalue weighted by Gasteiger charge is 2.13. The standard InChI is InChI=1S/C5H6N2O2S2/c1-3(5(8)9)11-4-2-10-7-6-4/h2-3H,1H3,(H,8,9). The van der Waals surface area contributed by atoms with Crippen molar-refractivity contribution in [1.82, 2.24) is 9.59 Å². The number of aromatic nitrogens is 2. The second-order valence-electron chi connectivity index (χ2n) is 1.84. The van der Waals surface area contributed by atoms with E-state index < -0.39 is 11.2 Å². The van der Waals surface area contributed by atoms with Crippen LogP contribution < -0.4 is 0 Å². The lowest BCUT2D eigenvalue weighted by Gasteiger charge is -2.00. The first-order valence-corrected chi connectivity index (χ1v) is 4.58. The summed E-state index contributed by atoms with van der Waals surface area (Å²) in [5, 5.41) is 14.2. The van der Waals surface area contributed by atoms with Crippen LogP contribution >= 0.6 is 23.3 Å². The molecule has 0 spiro atoms. The molecular formula is C5H6N2O2S2. The van der Waals surface area contributed by atoms with E-state index >= 15 is 0 Å². The minimum absolute atomic E-state index is 0.459. The van der Waals surface area contributed by atoms with Crippen LogP contribution in [0.1, 0.15) is 6.92 Å². The third kappa shape index (κ3) is 2.47. The van der Waals surface area contributed by atoms with Crippen molar-refractivity contribution in [2.45, 2.75) is 17.2 Å². The summed E-state index contributed by atoms with van der Waals surface area (Å²) in [7, 11) is 0. The van der Waals surface area contributed by atoms with Crippen molar-refractivity contribution in [3.05, 3.63) is 5.38 Å². The molecule has 0 fully saturated rings. The summed E-state index contributed by atoms with van der Waals surface area (Å²) in [6.07, 6.45) is 0. The lowest BCUT2D eigenvalue weighted by atomic mass is 10.5. The van der Waals surface area contributed by atoms with Crippen LogP contribution in [0.3, 0.4) is 0 Å². The number of carboxylic acids is 1. The highest BCUT2D eigenvalue weighted by molar-refractivity contribution is 8.00. The van der Waals surface area contributed by atoms with Gasteiger partial charge in [0.1, 0.15) is 10.3 Å². The van der Waals surface area contributed by atoms with Gasteiger partial charge in [0.2, 0.25) is 0 Å². The first-order valence-electron chi connectivity index (χ1n) is 2.86. The Kier molecular flexibility index (Phi) is 2.84. The van der Waals surface area contributed by atoms with E-state index in [0.29, 0.717) is 5.03 Å². The van der Waals surface area contributed by atoms with Crippen LogP contribution in [0.4, 0.5) is 0 Å². The van der Waals surface area contributed by atoms with E-state index in [1.807, 2.05) is 0 Å². The number of hydrogen-bond donors (Lipinski definition) is 1. The van der Waals surface area contributed by atoms with Gasteiger partial charge in [-0.3, -0.25) is 4.79 Å². The van der Waals surface area contributed by atoms with Crippen molar-refractivity contribution in [3.8, 4) is 0 Å². The zero-order chi connectivity index (χ0) is 8.27. The number of hydrogen-bond acceptors (Lipinski definition) is 5. The summed E-state index contributed by atoms with van der Waals surface area (Å²) in [6.45, 7) is 1.62. The quantitative estimate of drug-likeness (QED) is 0.723. The Balaban J connectivity index is 2.50. The molecule has 0 radical (unpaired) electrons.